The maximum absolute atomic E-state index is 13.4. The van der Waals surface area contributed by atoms with E-state index < -0.39 is 10.0 Å². The van der Waals surface area contributed by atoms with E-state index in [-0.39, 0.29) is 10.8 Å². The standard InChI is InChI=1S/C26H28N4O3S2/c1-18-12-13-20(16-24(18)35(32,33)29-14-8-3-4-9-15-29)27-25(31)23-17-22-19(2)28-30(26(22)34-23)21-10-6-5-7-11-21/h5-7,10-13,16-17H,3-4,8-9,14-15H2,1-2H3,(H,27,31). The first-order valence-electron chi connectivity index (χ1n) is 11.8. The second-order valence-corrected chi connectivity index (χ2v) is 11.9. The van der Waals surface area contributed by atoms with Crippen molar-refractivity contribution in [2.24, 2.45) is 0 Å². The molecule has 0 atom stereocenters. The minimum Gasteiger partial charge on any atom is -0.321 e. The van der Waals surface area contributed by atoms with Crippen LogP contribution in [0, 0.1) is 13.8 Å². The van der Waals surface area contributed by atoms with Crippen LogP contribution < -0.4 is 5.32 Å². The number of rotatable bonds is 5. The van der Waals surface area contributed by atoms with Crippen molar-refractivity contribution >= 4 is 43.2 Å². The lowest BCUT2D eigenvalue weighted by Crippen LogP contribution is -2.32. The molecule has 4 aromatic rings. The van der Waals surface area contributed by atoms with E-state index in [0.717, 1.165) is 47.3 Å². The van der Waals surface area contributed by atoms with Crippen LogP contribution in [-0.4, -0.2) is 41.5 Å². The molecule has 3 heterocycles. The number of carbonyl (C=O) groups excluding carboxylic acids is 1. The summed E-state index contributed by atoms with van der Waals surface area (Å²) in [5, 5.41) is 8.46. The molecule has 0 bridgehead atoms. The molecule has 1 fully saturated rings. The molecule has 0 unspecified atom stereocenters. The van der Waals surface area contributed by atoms with Crippen LogP contribution in [0.5, 0.6) is 0 Å². The van der Waals surface area contributed by atoms with E-state index in [0.29, 0.717) is 29.2 Å². The van der Waals surface area contributed by atoms with Crippen molar-refractivity contribution in [1.82, 2.24) is 14.1 Å². The fraction of sp³-hybridized carbons (Fsp3) is 0.308. The third-order valence-electron chi connectivity index (χ3n) is 6.40. The first kappa shape index (κ1) is 23.7. The van der Waals surface area contributed by atoms with E-state index in [9.17, 15) is 13.2 Å². The Morgan fingerprint density at radius 2 is 1.69 bits per heavy atom. The molecule has 35 heavy (non-hydrogen) atoms. The minimum atomic E-state index is -3.62. The summed E-state index contributed by atoms with van der Waals surface area (Å²) in [5.41, 5.74) is 2.92. The Morgan fingerprint density at radius 1 is 0.971 bits per heavy atom. The van der Waals surface area contributed by atoms with Gasteiger partial charge >= 0.3 is 0 Å². The second-order valence-electron chi connectivity index (χ2n) is 8.91. The van der Waals surface area contributed by atoms with Crippen molar-refractivity contribution in [3.63, 3.8) is 0 Å². The molecule has 1 aliphatic heterocycles. The minimum absolute atomic E-state index is 0.254. The molecule has 0 spiro atoms. The number of hydrogen-bond acceptors (Lipinski definition) is 5. The molecule has 0 radical (unpaired) electrons. The highest BCUT2D eigenvalue weighted by Crippen LogP contribution is 2.31. The van der Waals surface area contributed by atoms with E-state index >= 15 is 0 Å². The van der Waals surface area contributed by atoms with Gasteiger partial charge in [0.15, 0.2) is 0 Å². The summed E-state index contributed by atoms with van der Waals surface area (Å²) in [6.07, 6.45) is 3.86. The van der Waals surface area contributed by atoms with Gasteiger partial charge < -0.3 is 5.32 Å². The van der Waals surface area contributed by atoms with Crippen molar-refractivity contribution in [2.75, 3.05) is 18.4 Å². The third-order valence-corrected chi connectivity index (χ3v) is 9.55. The van der Waals surface area contributed by atoms with Crippen molar-refractivity contribution in [3.8, 4) is 5.69 Å². The number of aryl methyl sites for hydroxylation is 2. The van der Waals surface area contributed by atoms with Gasteiger partial charge in [-0.2, -0.15) is 9.40 Å². The van der Waals surface area contributed by atoms with E-state index in [2.05, 4.69) is 10.4 Å². The predicted octanol–water partition coefficient (Wildman–Crippen LogP) is 5.52. The molecule has 0 saturated carbocycles. The number of anilines is 1. The number of fused-ring (bicyclic) bond motifs is 1. The number of amides is 1. The number of benzene rings is 2. The zero-order chi connectivity index (χ0) is 24.6. The molecule has 182 valence electrons. The highest BCUT2D eigenvalue weighted by Gasteiger charge is 2.27. The van der Waals surface area contributed by atoms with Crippen LogP contribution in [0.1, 0.15) is 46.6 Å². The van der Waals surface area contributed by atoms with Crippen molar-refractivity contribution < 1.29 is 13.2 Å². The fourth-order valence-corrected chi connectivity index (χ4v) is 7.32. The molecule has 1 aliphatic rings. The van der Waals surface area contributed by atoms with Gasteiger partial charge in [-0.15, -0.1) is 11.3 Å². The molecule has 2 aromatic carbocycles. The Balaban J connectivity index is 1.42. The van der Waals surface area contributed by atoms with Crippen LogP contribution in [-0.2, 0) is 10.0 Å². The molecule has 1 saturated heterocycles. The number of nitrogens with one attached hydrogen (secondary N) is 1. The Morgan fingerprint density at radius 3 is 2.40 bits per heavy atom. The summed E-state index contributed by atoms with van der Waals surface area (Å²) in [6, 6.07) is 16.7. The summed E-state index contributed by atoms with van der Waals surface area (Å²) < 4.78 is 30.2. The van der Waals surface area contributed by atoms with Gasteiger partial charge in [-0.05, 0) is 62.6 Å². The summed E-state index contributed by atoms with van der Waals surface area (Å²) in [6.45, 7) is 4.80. The van der Waals surface area contributed by atoms with Crippen LogP contribution >= 0.6 is 11.3 Å². The summed E-state index contributed by atoms with van der Waals surface area (Å²) in [4.78, 5) is 14.8. The number of carbonyl (C=O) groups is 1. The number of para-hydroxylation sites is 1. The van der Waals surface area contributed by atoms with Crippen LogP contribution in [0.3, 0.4) is 0 Å². The zero-order valence-electron chi connectivity index (χ0n) is 19.8. The average Bonchev–Trinajstić information content (AvgIpc) is 3.29. The van der Waals surface area contributed by atoms with Gasteiger partial charge in [-0.25, -0.2) is 13.1 Å². The highest BCUT2D eigenvalue weighted by molar-refractivity contribution is 7.89. The monoisotopic (exact) mass is 508 g/mol. The third kappa shape index (κ3) is 4.63. The molecule has 5 rings (SSSR count). The van der Waals surface area contributed by atoms with E-state index in [1.165, 1.54) is 11.3 Å². The quantitative estimate of drug-likeness (QED) is 0.385. The van der Waals surface area contributed by atoms with E-state index in [1.54, 1.807) is 29.4 Å². The van der Waals surface area contributed by atoms with Gasteiger partial charge in [-0.1, -0.05) is 37.1 Å². The Labute approximate surface area is 209 Å². The molecule has 7 nitrogen and oxygen atoms in total. The number of sulfonamides is 1. The summed E-state index contributed by atoms with van der Waals surface area (Å²) in [5.74, 6) is -0.271. The largest absolute Gasteiger partial charge is 0.321 e. The van der Waals surface area contributed by atoms with E-state index in [1.807, 2.05) is 48.0 Å². The molecule has 1 amide bonds. The maximum atomic E-state index is 13.4. The molecule has 9 heteroatoms. The summed E-state index contributed by atoms with van der Waals surface area (Å²) >= 11 is 1.37. The second kappa shape index (κ2) is 9.56. The predicted molar refractivity (Wildman–Crippen MR) is 140 cm³/mol. The van der Waals surface area contributed by atoms with Crippen LogP contribution in [0.2, 0.25) is 0 Å². The fourth-order valence-electron chi connectivity index (χ4n) is 4.47. The lowest BCUT2D eigenvalue weighted by atomic mass is 10.2. The van der Waals surface area contributed by atoms with Crippen molar-refractivity contribution in [2.45, 2.75) is 44.4 Å². The van der Waals surface area contributed by atoms with Gasteiger partial charge in [0.25, 0.3) is 5.91 Å². The molecule has 2 aromatic heterocycles. The smallest absolute Gasteiger partial charge is 0.265 e. The van der Waals surface area contributed by atoms with Crippen LogP contribution in [0.25, 0.3) is 15.9 Å². The van der Waals surface area contributed by atoms with Gasteiger partial charge in [0, 0.05) is 24.2 Å². The molecular formula is C26H28N4O3S2. The average molecular weight is 509 g/mol. The maximum Gasteiger partial charge on any atom is 0.265 e. The lowest BCUT2D eigenvalue weighted by molar-refractivity contribution is 0.103. The highest BCUT2D eigenvalue weighted by atomic mass is 32.2. The molecule has 0 aliphatic carbocycles. The number of aromatic nitrogens is 2. The van der Waals surface area contributed by atoms with Crippen LogP contribution in [0.15, 0.2) is 59.5 Å². The Hall–Kier alpha value is -3.01. The van der Waals surface area contributed by atoms with Crippen LogP contribution in [0.4, 0.5) is 5.69 Å². The molecular weight excluding hydrogens is 480 g/mol. The van der Waals surface area contributed by atoms with Gasteiger partial charge in [0.2, 0.25) is 10.0 Å². The SMILES string of the molecule is Cc1ccc(NC(=O)c2cc3c(C)nn(-c4ccccc4)c3s2)cc1S(=O)(=O)N1CCCCCC1. The van der Waals surface area contributed by atoms with Gasteiger partial charge in [0.05, 0.1) is 21.2 Å². The number of hydrogen-bond donors (Lipinski definition) is 1. The van der Waals surface area contributed by atoms with E-state index in [4.69, 9.17) is 0 Å². The van der Waals surface area contributed by atoms with Crippen molar-refractivity contribution in [3.05, 3.63) is 70.7 Å². The number of thiophene rings is 1. The van der Waals surface area contributed by atoms with Gasteiger partial charge in [-0.3, -0.25) is 4.79 Å². The number of nitrogens with zero attached hydrogens (tertiary/aromatic N) is 3. The summed E-state index contributed by atoms with van der Waals surface area (Å²) in [7, 11) is -3.62. The van der Waals surface area contributed by atoms with Crippen molar-refractivity contribution in [1.29, 1.82) is 0 Å². The Bertz CT molecular complexity index is 1480. The first-order valence-corrected chi connectivity index (χ1v) is 14.1. The van der Waals surface area contributed by atoms with Gasteiger partial charge in [0.1, 0.15) is 4.83 Å². The normalized spacial score (nSPS) is 15.3. The topological polar surface area (TPSA) is 84.3 Å². The molecule has 1 N–H and O–H groups in total. The zero-order valence-corrected chi connectivity index (χ0v) is 21.5. The Kier molecular flexibility index (Phi) is 6.48. The lowest BCUT2D eigenvalue weighted by Gasteiger charge is -2.21. The first-order chi connectivity index (χ1) is 16.8.